The van der Waals surface area contributed by atoms with Crippen molar-refractivity contribution >= 4 is 12.7 Å². The van der Waals surface area contributed by atoms with Crippen LogP contribution in [0.4, 0.5) is 0 Å². The van der Waals surface area contributed by atoms with Gasteiger partial charge >= 0.3 is 0 Å². The lowest BCUT2D eigenvalue weighted by Crippen LogP contribution is -2.26. The van der Waals surface area contributed by atoms with E-state index in [1.807, 2.05) is 0 Å². The SMILES string of the molecule is C=c1cc(C)cc(C)/c1=C/c1c(C)cc(C)cc1C. The molecule has 0 heteroatoms. The summed E-state index contributed by atoms with van der Waals surface area (Å²) >= 11 is 0. The van der Waals surface area contributed by atoms with Crippen molar-refractivity contribution in [3.8, 4) is 0 Å². The Labute approximate surface area is 116 Å². The molecule has 0 heterocycles. The zero-order chi connectivity index (χ0) is 14.2. The van der Waals surface area contributed by atoms with Crippen molar-refractivity contribution in [1.82, 2.24) is 0 Å². The number of aryl methyl sites for hydroxylation is 5. The molecule has 0 aromatic heterocycles. The van der Waals surface area contributed by atoms with Crippen LogP contribution in [0.15, 0.2) is 24.3 Å². The Morgan fingerprint density at radius 3 is 1.74 bits per heavy atom. The van der Waals surface area contributed by atoms with Crippen LogP contribution in [0.25, 0.3) is 12.7 Å². The topological polar surface area (TPSA) is 0 Å². The Kier molecular flexibility index (Phi) is 3.61. The molecule has 0 amide bonds. The molecule has 0 spiro atoms. The highest BCUT2D eigenvalue weighted by Gasteiger charge is 2.02. The maximum Gasteiger partial charge on any atom is -0.0154 e. The molecule has 0 unspecified atom stereocenters. The quantitative estimate of drug-likeness (QED) is 0.727. The van der Waals surface area contributed by atoms with E-state index in [4.69, 9.17) is 0 Å². The Morgan fingerprint density at radius 1 is 0.737 bits per heavy atom. The lowest BCUT2D eigenvalue weighted by Gasteiger charge is -2.08. The van der Waals surface area contributed by atoms with E-state index < -0.39 is 0 Å². The average molecular weight is 250 g/mol. The van der Waals surface area contributed by atoms with Gasteiger partial charge in [-0.2, -0.15) is 0 Å². The molecule has 98 valence electrons. The van der Waals surface area contributed by atoms with E-state index in [2.05, 4.69) is 71.5 Å². The second-order valence-corrected chi connectivity index (χ2v) is 5.61. The minimum atomic E-state index is 1.11. The average Bonchev–Trinajstić information content (AvgIpc) is 2.25. The molecule has 0 aliphatic rings. The molecule has 0 saturated heterocycles. The zero-order valence-corrected chi connectivity index (χ0v) is 12.6. The maximum atomic E-state index is 4.18. The molecule has 0 radical (unpaired) electrons. The van der Waals surface area contributed by atoms with E-state index in [1.165, 1.54) is 38.6 Å². The number of hydrogen-bond acceptors (Lipinski definition) is 0. The maximum absolute atomic E-state index is 4.18. The normalized spacial score (nSPS) is 11.9. The van der Waals surface area contributed by atoms with E-state index in [-0.39, 0.29) is 0 Å². The molecule has 0 saturated carbocycles. The van der Waals surface area contributed by atoms with Gasteiger partial charge in [0.05, 0.1) is 0 Å². The van der Waals surface area contributed by atoms with Gasteiger partial charge in [0, 0.05) is 0 Å². The first-order valence-electron chi connectivity index (χ1n) is 6.74. The summed E-state index contributed by atoms with van der Waals surface area (Å²) in [7, 11) is 0. The standard InChI is InChI=1S/C19H22/c1-12-7-14(3)18(15(4)8-12)11-19-16(5)9-13(2)10-17(19)6/h7-11H,3H2,1-2,4-6H3/b18-11+. The molecule has 0 bridgehead atoms. The predicted molar refractivity (Wildman–Crippen MR) is 84.9 cm³/mol. The highest BCUT2D eigenvalue weighted by molar-refractivity contribution is 5.59. The molecule has 0 aliphatic carbocycles. The summed E-state index contributed by atoms with van der Waals surface area (Å²) in [6.07, 6.45) is 2.28. The molecule has 0 atom stereocenters. The van der Waals surface area contributed by atoms with Crippen molar-refractivity contribution in [2.75, 3.05) is 0 Å². The van der Waals surface area contributed by atoms with E-state index in [9.17, 15) is 0 Å². The van der Waals surface area contributed by atoms with Gasteiger partial charge in [0.15, 0.2) is 0 Å². The fraction of sp³-hybridized carbons (Fsp3) is 0.263. The fourth-order valence-electron chi connectivity index (χ4n) is 2.84. The highest BCUT2D eigenvalue weighted by atomic mass is 14.1. The third-order valence-corrected chi connectivity index (χ3v) is 3.64. The Bertz CT molecular complexity index is 710. The van der Waals surface area contributed by atoms with Gasteiger partial charge in [-0.25, -0.2) is 0 Å². The first kappa shape index (κ1) is 13.6. The lowest BCUT2D eigenvalue weighted by atomic mass is 9.97. The Hall–Kier alpha value is -1.82. The molecule has 0 nitrogen and oxygen atoms in total. The van der Waals surface area contributed by atoms with Crippen molar-refractivity contribution in [3.63, 3.8) is 0 Å². The molecule has 2 rings (SSSR count). The van der Waals surface area contributed by atoms with Crippen LogP contribution in [0.2, 0.25) is 0 Å². The first-order chi connectivity index (χ1) is 8.88. The second-order valence-electron chi connectivity index (χ2n) is 5.61. The molecule has 0 fully saturated rings. The summed E-state index contributed by atoms with van der Waals surface area (Å²) in [5.41, 5.74) is 7.88. The smallest absolute Gasteiger partial charge is 0.0154 e. The van der Waals surface area contributed by atoms with E-state index in [0.717, 1.165) is 5.22 Å². The van der Waals surface area contributed by atoms with Crippen LogP contribution in [0.1, 0.15) is 33.4 Å². The molecule has 0 aliphatic heterocycles. The van der Waals surface area contributed by atoms with E-state index in [0.29, 0.717) is 0 Å². The van der Waals surface area contributed by atoms with Crippen molar-refractivity contribution in [3.05, 3.63) is 68.1 Å². The summed E-state index contributed by atoms with van der Waals surface area (Å²) in [5.74, 6) is 0. The van der Waals surface area contributed by atoms with E-state index >= 15 is 0 Å². The molecule has 2 aromatic carbocycles. The minimum Gasteiger partial charge on any atom is -0.0911 e. The summed E-state index contributed by atoms with van der Waals surface area (Å²) in [4.78, 5) is 0. The number of hydrogen-bond donors (Lipinski definition) is 0. The highest BCUT2D eigenvalue weighted by Crippen LogP contribution is 2.16. The van der Waals surface area contributed by atoms with Crippen LogP contribution in [0.5, 0.6) is 0 Å². The Balaban J connectivity index is 2.76. The zero-order valence-electron chi connectivity index (χ0n) is 12.6. The molecule has 0 N–H and O–H groups in total. The van der Waals surface area contributed by atoms with Gasteiger partial charge in [-0.1, -0.05) is 42.0 Å². The predicted octanol–water partition coefficient (Wildman–Crippen LogP) is 3.47. The van der Waals surface area contributed by atoms with Crippen molar-refractivity contribution in [2.24, 2.45) is 0 Å². The fourth-order valence-corrected chi connectivity index (χ4v) is 2.84. The van der Waals surface area contributed by atoms with Crippen molar-refractivity contribution in [2.45, 2.75) is 34.6 Å². The molecular formula is C19H22. The number of benzene rings is 2. The van der Waals surface area contributed by atoms with Gasteiger partial charge in [0.2, 0.25) is 0 Å². The summed E-state index contributed by atoms with van der Waals surface area (Å²) in [6.45, 7) is 15.0. The van der Waals surface area contributed by atoms with Gasteiger partial charge < -0.3 is 0 Å². The van der Waals surface area contributed by atoms with Gasteiger partial charge in [0.25, 0.3) is 0 Å². The molecule has 19 heavy (non-hydrogen) atoms. The third kappa shape index (κ3) is 2.78. The summed E-state index contributed by atoms with van der Waals surface area (Å²) in [6, 6.07) is 8.85. The van der Waals surface area contributed by atoms with Crippen molar-refractivity contribution < 1.29 is 0 Å². The minimum absolute atomic E-state index is 1.11. The summed E-state index contributed by atoms with van der Waals surface area (Å²) < 4.78 is 0. The third-order valence-electron chi connectivity index (χ3n) is 3.64. The van der Waals surface area contributed by atoms with Gasteiger partial charge in [-0.3, -0.25) is 0 Å². The van der Waals surface area contributed by atoms with Crippen LogP contribution in [0.3, 0.4) is 0 Å². The van der Waals surface area contributed by atoms with Crippen LogP contribution in [0, 0.1) is 34.6 Å². The first-order valence-corrected chi connectivity index (χ1v) is 6.74. The van der Waals surface area contributed by atoms with E-state index in [1.54, 1.807) is 0 Å². The van der Waals surface area contributed by atoms with Gasteiger partial charge in [-0.05, 0) is 73.4 Å². The van der Waals surface area contributed by atoms with Crippen LogP contribution >= 0.6 is 0 Å². The van der Waals surface area contributed by atoms with Crippen LogP contribution in [-0.2, 0) is 0 Å². The van der Waals surface area contributed by atoms with Crippen molar-refractivity contribution in [1.29, 1.82) is 0 Å². The van der Waals surface area contributed by atoms with Gasteiger partial charge in [0.1, 0.15) is 0 Å². The summed E-state index contributed by atoms with van der Waals surface area (Å²) in [5, 5.41) is 2.36. The molecule has 2 aromatic rings. The molecular weight excluding hydrogens is 228 g/mol. The monoisotopic (exact) mass is 250 g/mol. The second kappa shape index (κ2) is 5.05. The largest absolute Gasteiger partial charge is 0.0911 e. The van der Waals surface area contributed by atoms with Gasteiger partial charge in [-0.15, -0.1) is 0 Å². The Morgan fingerprint density at radius 2 is 1.21 bits per heavy atom. The number of rotatable bonds is 1. The lowest BCUT2D eigenvalue weighted by molar-refractivity contribution is 1.28. The van der Waals surface area contributed by atoms with Crippen LogP contribution in [-0.4, -0.2) is 0 Å². The van der Waals surface area contributed by atoms with Crippen LogP contribution < -0.4 is 10.4 Å².